The Hall–Kier alpha value is -4.29. The number of aliphatic hydroxyl groups is 2. The smallest absolute Gasteiger partial charge is 0.348 e. The number of hydrogen-bond donors (Lipinski definition) is 5. The van der Waals surface area contributed by atoms with Crippen LogP contribution in [0.5, 0.6) is 0 Å². The van der Waals surface area contributed by atoms with Crippen LogP contribution in [0.3, 0.4) is 0 Å². The molecule has 0 radical (unpaired) electrons. The van der Waals surface area contributed by atoms with Crippen LogP contribution in [-0.4, -0.2) is 81.9 Å². The van der Waals surface area contributed by atoms with Crippen molar-refractivity contribution in [2.45, 2.75) is 42.6 Å². The van der Waals surface area contributed by atoms with Crippen molar-refractivity contribution in [3.05, 3.63) is 82.4 Å². The molecule has 0 saturated carbocycles. The van der Waals surface area contributed by atoms with Gasteiger partial charge in [0.05, 0.1) is 12.9 Å². The number of nitrogens with one attached hydrogen (secondary N) is 1. The van der Waals surface area contributed by atoms with Crippen LogP contribution in [0.2, 0.25) is 10.3 Å². The van der Waals surface area contributed by atoms with Crippen LogP contribution >= 0.6 is 23.2 Å². The number of carboxylic acid groups (broad SMARTS) is 2. The Morgan fingerprint density at radius 3 is 2.45 bits per heavy atom. The first-order valence-corrected chi connectivity index (χ1v) is 13.8. The molecule has 0 bridgehead atoms. The van der Waals surface area contributed by atoms with Gasteiger partial charge in [0, 0.05) is 18.0 Å². The van der Waals surface area contributed by atoms with E-state index in [0.29, 0.717) is 10.6 Å². The monoisotopic (exact) mass is 641 g/mol. The van der Waals surface area contributed by atoms with Crippen LogP contribution in [-0.2, 0) is 32.0 Å². The number of terminal acetylenes is 1. The Labute approximate surface area is 260 Å². The predicted octanol–water partition coefficient (Wildman–Crippen LogP) is 2.54. The van der Waals surface area contributed by atoms with Crippen molar-refractivity contribution in [3.63, 3.8) is 0 Å². The molecule has 0 amide bonds. The molecule has 4 atom stereocenters. The van der Waals surface area contributed by atoms with Gasteiger partial charge in [-0.1, -0.05) is 66.1 Å². The number of benzene rings is 2. The van der Waals surface area contributed by atoms with Gasteiger partial charge >= 0.3 is 11.9 Å². The van der Waals surface area contributed by atoms with Crippen LogP contribution in [0.1, 0.15) is 17.4 Å². The molecule has 3 heterocycles. The highest BCUT2D eigenvalue weighted by Gasteiger charge is 2.58. The van der Waals surface area contributed by atoms with Gasteiger partial charge in [-0.2, -0.15) is 9.97 Å². The van der Waals surface area contributed by atoms with Crippen LogP contribution in [0.25, 0.3) is 11.2 Å². The number of anilines is 1. The fourth-order valence-electron chi connectivity index (χ4n) is 4.86. The zero-order chi connectivity index (χ0) is 31.6. The minimum atomic E-state index is -2.76. The number of halogens is 2. The second kappa shape index (κ2) is 12.4. The summed E-state index contributed by atoms with van der Waals surface area (Å²) in [5.74, 6) is -1.24. The molecule has 15 heteroatoms. The van der Waals surface area contributed by atoms with Crippen molar-refractivity contribution in [2.24, 2.45) is 0 Å². The molecule has 4 aromatic rings. The van der Waals surface area contributed by atoms with E-state index in [1.165, 1.54) is 10.9 Å². The summed E-state index contributed by atoms with van der Waals surface area (Å²) in [4.78, 5) is 37.2. The molecule has 1 aliphatic rings. The number of aromatic nitrogens is 4. The number of imidazole rings is 1. The fourth-order valence-corrected chi connectivity index (χ4v) is 5.22. The Kier molecular flexibility index (Phi) is 8.76. The van der Waals surface area contributed by atoms with Crippen LogP contribution in [0.4, 0.5) is 5.82 Å². The van der Waals surface area contributed by atoms with E-state index in [9.17, 15) is 30.0 Å². The first-order valence-electron chi connectivity index (χ1n) is 13.1. The average molecular weight is 642 g/mol. The molecule has 0 aliphatic carbocycles. The Bertz CT molecular complexity index is 1730. The molecule has 1 fully saturated rings. The van der Waals surface area contributed by atoms with E-state index in [-0.39, 0.29) is 28.8 Å². The summed E-state index contributed by atoms with van der Waals surface area (Å²) in [5, 5.41) is 45.7. The summed E-state index contributed by atoms with van der Waals surface area (Å²) < 4.78 is 12.6. The fraction of sp³-hybridized carbons (Fsp3) is 0.276. The molecule has 2 aromatic heterocycles. The van der Waals surface area contributed by atoms with Crippen molar-refractivity contribution in [1.29, 1.82) is 0 Å². The van der Waals surface area contributed by atoms with Gasteiger partial charge in [0.25, 0.3) is 5.60 Å². The number of aliphatic carboxylic acids is 2. The minimum Gasteiger partial charge on any atom is -0.479 e. The number of nitrogens with zero attached hydrogens (tertiary/aromatic N) is 4. The average Bonchev–Trinajstić information content (AvgIpc) is 3.53. The number of carboxylic acids is 2. The number of rotatable bonds is 11. The third-order valence-corrected chi connectivity index (χ3v) is 7.82. The summed E-state index contributed by atoms with van der Waals surface area (Å²) in [5.41, 5.74) is -3.70. The van der Waals surface area contributed by atoms with Gasteiger partial charge < -0.3 is 35.2 Å². The first kappa shape index (κ1) is 31.1. The second-order valence-corrected chi connectivity index (χ2v) is 10.7. The normalized spacial score (nSPS) is 21.7. The summed E-state index contributed by atoms with van der Waals surface area (Å²) in [6.45, 7) is -0.543. The molecule has 2 aromatic carbocycles. The van der Waals surface area contributed by atoms with Crippen molar-refractivity contribution in [3.8, 4) is 12.3 Å². The lowest BCUT2D eigenvalue weighted by Crippen LogP contribution is -2.55. The molecular weight excluding hydrogens is 617 g/mol. The Morgan fingerprint density at radius 2 is 1.80 bits per heavy atom. The molecule has 1 saturated heterocycles. The van der Waals surface area contributed by atoms with E-state index in [4.69, 9.17) is 39.1 Å². The molecule has 5 N–H and O–H groups in total. The maximum Gasteiger partial charge on any atom is 0.348 e. The lowest BCUT2D eigenvalue weighted by Gasteiger charge is -2.30. The lowest BCUT2D eigenvalue weighted by atomic mass is 9.92. The number of hydrogen-bond acceptors (Lipinski definition) is 10. The number of aliphatic hydroxyl groups excluding tert-OH is 1. The number of fused-ring (bicyclic) bond motifs is 1. The van der Waals surface area contributed by atoms with Gasteiger partial charge in [-0.25, -0.2) is 14.6 Å². The van der Waals surface area contributed by atoms with Gasteiger partial charge in [-0.3, -0.25) is 4.57 Å². The van der Waals surface area contributed by atoms with E-state index >= 15 is 0 Å². The van der Waals surface area contributed by atoms with Crippen LogP contribution < -0.4 is 5.32 Å². The lowest BCUT2D eigenvalue weighted by molar-refractivity contribution is -0.191. The van der Waals surface area contributed by atoms with Crippen molar-refractivity contribution < 1.29 is 39.5 Å². The summed E-state index contributed by atoms with van der Waals surface area (Å²) in [6.07, 6.45) is 1.50. The second-order valence-electron chi connectivity index (χ2n) is 9.95. The highest BCUT2D eigenvalue weighted by molar-refractivity contribution is 6.31. The number of ether oxygens (including phenoxy) is 2. The largest absolute Gasteiger partial charge is 0.479 e. The summed E-state index contributed by atoms with van der Waals surface area (Å²) >= 11 is 12.5. The SMILES string of the molecule is C#C[C@@]1(O)[C@@H](COC(Cc2ccccc2)(C(=O)O)C(=O)O)O[C@@H](n2cnc3c(NCc4ccccc4Cl)nc(Cl)nc32)[C@@H]1O. The number of carbonyl (C=O) groups is 2. The minimum absolute atomic E-state index is 0.103. The summed E-state index contributed by atoms with van der Waals surface area (Å²) in [6, 6.07) is 15.2. The third-order valence-electron chi connectivity index (χ3n) is 7.29. The zero-order valence-electron chi connectivity index (χ0n) is 22.7. The molecule has 228 valence electrons. The van der Waals surface area contributed by atoms with Crippen molar-refractivity contribution >= 4 is 52.1 Å². The maximum atomic E-state index is 12.2. The van der Waals surface area contributed by atoms with E-state index in [1.807, 2.05) is 12.1 Å². The molecule has 0 unspecified atom stereocenters. The van der Waals surface area contributed by atoms with E-state index in [0.717, 1.165) is 5.56 Å². The van der Waals surface area contributed by atoms with Gasteiger partial charge in [-0.05, 0) is 28.8 Å². The topological polar surface area (TPSA) is 189 Å². The standard InChI is InChI=1S/C29H25Cl2N5O8/c1-2-28(42)19(14-43-29(25(38)39,26(40)41)12-16-8-4-3-5-9-16)44-24(21(28)37)36-15-33-20-22(34-27(31)35-23(20)36)32-13-17-10-6-7-11-18(17)30/h1,3-11,15,19,21,24,37,42H,12-14H2,(H,38,39)(H,40,41)(H,32,34,35)/t19-,21+,24-,28-/m1/s1. The van der Waals surface area contributed by atoms with Crippen molar-refractivity contribution in [1.82, 2.24) is 19.5 Å². The Balaban J connectivity index is 1.43. The quantitative estimate of drug-likeness (QED) is 0.0915. The van der Waals surface area contributed by atoms with Gasteiger partial charge in [0.15, 0.2) is 28.8 Å². The van der Waals surface area contributed by atoms with Gasteiger partial charge in [0.1, 0.15) is 12.2 Å². The maximum absolute atomic E-state index is 12.2. The molecular formula is C29H25Cl2N5O8. The predicted molar refractivity (Wildman–Crippen MR) is 157 cm³/mol. The first-order chi connectivity index (χ1) is 21.0. The van der Waals surface area contributed by atoms with Crippen LogP contribution in [0, 0.1) is 12.3 Å². The van der Waals surface area contributed by atoms with E-state index < -0.39 is 54.6 Å². The van der Waals surface area contributed by atoms with Gasteiger partial charge in [-0.15, -0.1) is 6.42 Å². The zero-order valence-corrected chi connectivity index (χ0v) is 24.2. The van der Waals surface area contributed by atoms with Crippen molar-refractivity contribution in [2.75, 3.05) is 11.9 Å². The highest BCUT2D eigenvalue weighted by atomic mass is 35.5. The molecule has 13 nitrogen and oxygen atoms in total. The molecule has 5 rings (SSSR count). The van der Waals surface area contributed by atoms with E-state index in [2.05, 4.69) is 26.2 Å². The molecule has 0 spiro atoms. The third kappa shape index (κ3) is 5.67. The molecule has 44 heavy (non-hydrogen) atoms. The molecule has 1 aliphatic heterocycles. The van der Waals surface area contributed by atoms with E-state index in [1.54, 1.807) is 42.5 Å². The van der Waals surface area contributed by atoms with Gasteiger partial charge in [0.2, 0.25) is 5.28 Å². The summed E-state index contributed by atoms with van der Waals surface area (Å²) in [7, 11) is 0. The Morgan fingerprint density at radius 1 is 1.11 bits per heavy atom. The highest BCUT2D eigenvalue weighted by Crippen LogP contribution is 2.39. The van der Waals surface area contributed by atoms with Crippen LogP contribution in [0.15, 0.2) is 60.9 Å².